The van der Waals surface area contributed by atoms with Crippen LogP contribution < -0.4 is 0 Å². The van der Waals surface area contributed by atoms with Crippen molar-refractivity contribution in [2.75, 3.05) is 0 Å². The molecule has 0 N–H and O–H groups in total. The molecule has 0 spiro atoms. The summed E-state index contributed by atoms with van der Waals surface area (Å²) < 4.78 is 29.2. The number of fused-ring (bicyclic) bond motifs is 3. The molecule has 2 heterocycles. The molecule has 0 unspecified atom stereocenters. The van der Waals surface area contributed by atoms with Gasteiger partial charge in [-0.15, -0.1) is 0 Å². The third-order valence-corrected chi connectivity index (χ3v) is 5.45. The van der Waals surface area contributed by atoms with Gasteiger partial charge in [0.05, 0.1) is 5.69 Å². The van der Waals surface area contributed by atoms with Gasteiger partial charge in [-0.3, -0.25) is 4.98 Å². The molecule has 0 fully saturated rings. The minimum absolute atomic E-state index is 0.274. The predicted molar refractivity (Wildman–Crippen MR) is 121 cm³/mol. The van der Waals surface area contributed by atoms with Gasteiger partial charge in [-0.1, -0.05) is 62.4 Å². The molecule has 0 bridgehead atoms. The van der Waals surface area contributed by atoms with Crippen molar-refractivity contribution in [2.45, 2.75) is 26.6 Å². The smallest absolute Gasteiger partial charge is 0.144 e. The number of furan rings is 1. The summed E-state index contributed by atoms with van der Waals surface area (Å²) in [5.41, 5.74) is 6.79. The molecule has 0 aliphatic rings. The number of hydrogen-bond donors (Lipinski definition) is 0. The number of benzene rings is 3. The highest BCUT2D eigenvalue weighted by molar-refractivity contribution is 6.09. The van der Waals surface area contributed by atoms with Gasteiger partial charge in [0.25, 0.3) is 0 Å². The highest BCUT2D eigenvalue weighted by atomic mass is 16.3. The van der Waals surface area contributed by atoms with Crippen LogP contribution in [0.3, 0.4) is 0 Å². The maximum absolute atomic E-state index is 7.68. The molecule has 5 aromatic rings. The molecular weight excluding hydrogens is 354 g/mol. The van der Waals surface area contributed by atoms with Gasteiger partial charge >= 0.3 is 0 Å². The Labute approximate surface area is 175 Å². The Balaban J connectivity index is 1.62. The Morgan fingerprint density at radius 1 is 0.862 bits per heavy atom. The Bertz CT molecular complexity index is 1430. The second-order valence-corrected chi connectivity index (χ2v) is 7.70. The Morgan fingerprint density at radius 3 is 2.52 bits per heavy atom. The molecule has 0 atom stereocenters. The van der Waals surface area contributed by atoms with Crippen LogP contribution in [0.2, 0.25) is 0 Å². The maximum Gasteiger partial charge on any atom is 0.144 e. The van der Waals surface area contributed by atoms with E-state index < -0.39 is 6.85 Å². The van der Waals surface area contributed by atoms with Crippen molar-refractivity contribution < 1.29 is 8.53 Å². The second kappa shape index (κ2) is 6.89. The number of pyridine rings is 1. The first-order valence-corrected chi connectivity index (χ1v) is 9.84. The molecule has 2 aromatic heterocycles. The van der Waals surface area contributed by atoms with Crippen LogP contribution in [0.4, 0.5) is 0 Å². The predicted octanol–water partition coefficient (Wildman–Crippen LogP) is 7.75. The van der Waals surface area contributed by atoms with Gasteiger partial charge in [-0.25, -0.2) is 0 Å². The number of rotatable bonds is 3. The first-order valence-electron chi connectivity index (χ1n) is 11.3. The zero-order chi connectivity index (χ0) is 22.5. The van der Waals surface area contributed by atoms with Crippen molar-refractivity contribution in [3.63, 3.8) is 0 Å². The molecule has 0 saturated heterocycles. The molecular formula is C27H23NO. The van der Waals surface area contributed by atoms with Gasteiger partial charge < -0.3 is 4.42 Å². The van der Waals surface area contributed by atoms with E-state index in [1.54, 1.807) is 12.1 Å². The number of para-hydroxylation sites is 1. The monoisotopic (exact) mass is 380 g/mol. The van der Waals surface area contributed by atoms with E-state index in [0.29, 0.717) is 17.1 Å². The molecule has 2 nitrogen and oxygen atoms in total. The van der Waals surface area contributed by atoms with Gasteiger partial charge in [0.1, 0.15) is 11.2 Å². The highest BCUT2D eigenvalue weighted by Crippen LogP contribution is 2.36. The molecule has 142 valence electrons. The lowest BCUT2D eigenvalue weighted by atomic mass is 9.98. The fourth-order valence-electron chi connectivity index (χ4n) is 3.82. The van der Waals surface area contributed by atoms with E-state index in [0.717, 1.165) is 33.2 Å². The van der Waals surface area contributed by atoms with Crippen molar-refractivity contribution in [3.8, 4) is 22.4 Å². The van der Waals surface area contributed by atoms with Crippen LogP contribution in [0.25, 0.3) is 44.3 Å². The first kappa shape index (κ1) is 14.6. The Kier molecular flexibility index (Phi) is 3.47. The molecule has 29 heavy (non-hydrogen) atoms. The summed E-state index contributed by atoms with van der Waals surface area (Å²) in [7, 11) is 0. The SMILES string of the molecule is [2H]C([2H])([2H])c1ccc2c(c1)oc1c(-c3cc(-c4ccc(C(C)C)cc4)ccn3)cccc12. The zero-order valence-electron chi connectivity index (χ0n) is 19.4. The number of hydrogen-bond acceptors (Lipinski definition) is 2. The maximum atomic E-state index is 7.68. The third kappa shape index (κ3) is 3.11. The van der Waals surface area contributed by atoms with E-state index in [1.165, 1.54) is 5.56 Å². The first-order chi connectivity index (χ1) is 15.3. The van der Waals surface area contributed by atoms with Crippen LogP contribution in [0.15, 0.2) is 83.4 Å². The molecule has 0 aliphatic heterocycles. The molecule has 5 rings (SSSR count). The fraction of sp³-hybridized carbons (Fsp3) is 0.148. The van der Waals surface area contributed by atoms with Gasteiger partial charge in [-0.2, -0.15) is 0 Å². The van der Waals surface area contributed by atoms with Gasteiger partial charge in [0.15, 0.2) is 0 Å². The third-order valence-electron chi connectivity index (χ3n) is 5.45. The van der Waals surface area contributed by atoms with Crippen LogP contribution in [0.1, 0.15) is 35.0 Å². The summed E-state index contributed by atoms with van der Waals surface area (Å²) >= 11 is 0. The average molecular weight is 381 g/mol. The van der Waals surface area contributed by atoms with E-state index in [-0.39, 0.29) is 5.56 Å². The largest absolute Gasteiger partial charge is 0.455 e. The Hall–Kier alpha value is -3.39. The summed E-state index contributed by atoms with van der Waals surface area (Å²) in [6.07, 6.45) is 1.81. The lowest BCUT2D eigenvalue weighted by Gasteiger charge is -2.08. The highest BCUT2D eigenvalue weighted by Gasteiger charge is 2.13. The average Bonchev–Trinajstić information content (AvgIpc) is 3.17. The number of nitrogens with zero attached hydrogens (tertiary/aromatic N) is 1. The molecule has 0 amide bonds. The van der Waals surface area contributed by atoms with Gasteiger partial charge in [0.2, 0.25) is 0 Å². The van der Waals surface area contributed by atoms with Crippen LogP contribution in [-0.4, -0.2) is 4.98 Å². The number of aromatic nitrogens is 1. The fourth-order valence-corrected chi connectivity index (χ4v) is 3.82. The van der Waals surface area contributed by atoms with Crippen LogP contribution in [-0.2, 0) is 0 Å². The normalized spacial score (nSPS) is 13.6. The summed E-state index contributed by atoms with van der Waals surface area (Å²) in [4.78, 5) is 4.61. The number of aryl methyl sites for hydroxylation is 1. The Morgan fingerprint density at radius 2 is 1.72 bits per heavy atom. The van der Waals surface area contributed by atoms with E-state index >= 15 is 0 Å². The van der Waals surface area contributed by atoms with Gasteiger partial charge in [0, 0.05) is 26.6 Å². The topological polar surface area (TPSA) is 26.0 Å². The van der Waals surface area contributed by atoms with E-state index in [4.69, 9.17) is 8.53 Å². The summed E-state index contributed by atoms with van der Waals surface area (Å²) in [5, 5.41) is 1.85. The summed E-state index contributed by atoms with van der Waals surface area (Å²) in [6.45, 7) is 2.21. The molecule has 0 radical (unpaired) electrons. The van der Waals surface area contributed by atoms with Crippen molar-refractivity contribution >= 4 is 21.9 Å². The quantitative estimate of drug-likeness (QED) is 0.320. The zero-order valence-corrected chi connectivity index (χ0v) is 16.4. The second-order valence-electron chi connectivity index (χ2n) is 7.70. The van der Waals surface area contributed by atoms with E-state index in [1.807, 2.05) is 36.5 Å². The molecule has 2 heteroatoms. The van der Waals surface area contributed by atoms with Crippen molar-refractivity contribution in [1.82, 2.24) is 4.98 Å². The van der Waals surface area contributed by atoms with E-state index in [2.05, 4.69) is 49.2 Å². The van der Waals surface area contributed by atoms with Crippen molar-refractivity contribution in [1.29, 1.82) is 0 Å². The van der Waals surface area contributed by atoms with Crippen molar-refractivity contribution in [2.24, 2.45) is 0 Å². The molecule has 0 aliphatic carbocycles. The summed E-state index contributed by atoms with van der Waals surface area (Å²) in [6, 6.07) is 23.8. The minimum Gasteiger partial charge on any atom is -0.455 e. The van der Waals surface area contributed by atoms with Crippen LogP contribution in [0, 0.1) is 6.85 Å². The molecule has 0 saturated carbocycles. The standard InChI is InChI=1S/C27H23NO/c1-17(2)19-8-10-20(11-9-19)21-13-14-28-25(16-21)24-6-4-5-23-22-12-7-18(3)15-26(22)29-27(23)24/h4-17H,1-3H3/i3D3. The molecule has 3 aromatic carbocycles. The minimum atomic E-state index is -2.17. The lowest BCUT2D eigenvalue weighted by Crippen LogP contribution is -1.88. The lowest BCUT2D eigenvalue weighted by molar-refractivity contribution is 0.669. The van der Waals surface area contributed by atoms with Gasteiger partial charge in [-0.05, 0) is 59.3 Å². The van der Waals surface area contributed by atoms with E-state index in [9.17, 15) is 0 Å². The summed E-state index contributed by atoms with van der Waals surface area (Å²) in [5.74, 6) is 0.494. The van der Waals surface area contributed by atoms with Crippen LogP contribution >= 0.6 is 0 Å². The van der Waals surface area contributed by atoms with Crippen LogP contribution in [0.5, 0.6) is 0 Å². The van der Waals surface area contributed by atoms with Crippen molar-refractivity contribution in [3.05, 3.63) is 90.1 Å².